The predicted molar refractivity (Wildman–Crippen MR) is 68.0 cm³/mol. The fraction of sp³-hybridized carbons (Fsp3) is 0.455. The maximum absolute atomic E-state index is 5.94. The van der Waals surface area contributed by atoms with E-state index >= 15 is 0 Å². The van der Waals surface area contributed by atoms with Crippen molar-refractivity contribution in [3.8, 4) is 0 Å². The van der Waals surface area contributed by atoms with E-state index in [0.29, 0.717) is 11.1 Å². The highest BCUT2D eigenvalue weighted by atomic mass is 35.5. The second-order valence-electron chi connectivity index (χ2n) is 3.38. The first kappa shape index (κ1) is 10.7. The third-order valence-corrected chi connectivity index (χ3v) is 5.63. The summed E-state index contributed by atoms with van der Waals surface area (Å²) in [6, 6.07) is 8.55. The summed E-state index contributed by atoms with van der Waals surface area (Å²) in [7, 11) is 3.99. The molecule has 0 amide bonds. The first-order valence-corrected chi connectivity index (χ1v) is 7.75. The molecule has 0 spiro atoms. The molecule has 1 atom stereocenters. The Morgan fingerprint density at radius 2 is 2.21 bits per heavy atom. The van der Waals surface area contributed by atoms with Crippen molar-refractivity contribution in [2.45, 2.75) is 24.0 Å². The Kier molecular flexibility index (Phi) is 4.09. The number of benzene rings is 1. The van der Waals surface area contributed by atoms with Crippen LogP contribution in [0.3, 0.4) is 0 Å². The van der Waals surface area contributed by atoms with Crippen molar-refractivity contribution in [3.63, 3.8) is 0 Å². The molecule has 14 heavy (non-hydrogen) atoms. The zero-order valence-electron chi connectivity index (χ0n) is 7.91. The second-order valence-corrected chi connectivity index (χ2v) is 6.34. The number of rotatable bonds is 2. The number of alkyl halides is 1. The molecule has 0 N–H and O–H groups in total. The van der Waals surface area contributed by atoms with Gasteiger partial charge in [-0.05, 0) is 24.0 Å². The fourth-order valence-corrected chi connectivity index (χ4v) is 4.80. The molecule has 1 heterocycles. The molecule has 1 aliphatic heterocycles. The SMILES string of the molecule is ClCc1ccccc1C1CCCSS1. The van der Waals surface area contributed by atoms with E-state index in [1.54, 1.807) is 0 Å². The fourth-order valence-electron chi connectivity index (χ4n) is 1.68. The van der Waals surface area contributed by atoms with Crippen LogP contribution >= 0.6 is 33.2 Å². The maximum Gasteiger partial charge on any atom is 0.0477 e. The van der Waals surface area contributed by atoms with Crippen molar-refractivity contribution in [3.05, 3.63) is 35.4 Å². The van der Waals surface area contributed by atoms with Crippen molar-refractivity contribution < 1.29 is 0 Å². The van der Waals surface area contributed by atoms with E-state index in [2.05, 4.69) is 24.3 Å². The summed E-state index contributed by atoms with van der Waals surface area (Å²) >= 11 is 5.94. The molecule has 76 valence electrons. The predicted octanol–water partition coefficient (Wildman–Crippen LogP) is 4.64. The van der Waals surface area contributed by atoms with Crippen LogP contribution in [0.1, 0.15) is 29.2 Å². The summed E-state index contributed by atoms with van der Waals surface area (Å²) in [6.45, 7) is 0. The second kappa shape index (κ2) is 5.34. The highest BCUT2D eigenvalue weighted by Gasteiger charge is 2.18. The number of hydrogen-bond acceptors (Lipinski definition) is 2. The van der Waals surface area contributed by atoms with E-state index in [1.807, 2.05) is 21.6 Å². The van der Waals surface area contributed by atoms with Gasteiger partial charge in [0.2, 0.25) is 0 Å². The summed E-state index contributed by atoms with van der Waals surface area (Å²) in [6.07, 6.45) is 2.63. The molecular weight excluding hydrogens is 232 g/mol. The molecule has 3 heteroatoms. The molecule has 1 aliphatic rings. The molecule has 0 saturated carbocycles. The van der Waals surface area contributed by atoms with E-state index < -0.39 is 0 Å². The lowest BCUT2D eigenvalue weighted by molar-refractivity contribution is 0.779. The van der Waals surface area contributed by atoms with Crippen LogP contribution in [0, 0.1) is 0 Å². The van der Waals surface area contributed by atoms with Crippen LogP contribution in [0.15, 0.2) is 24.3 Å². The van der Waals surface area contributed by atoms with Crippen LogP contribution in [0.4, 0.5) is 0 Å². The van der Waals surface area contributed by atoms with Gasteiger partial charge in [-0.25, -0.2) is 0 Å². The summed E-state index contributed by atoms with van der Waals surface area (Å²) in [5, 5.41) is 0.656. The Bertz CT molecular complexity index is 295. The smallest absolute Gasteiger partial charge is 0.0477 e. The van der Waals surface area contributed by atoms with Crippen molar-refractivity contribution in [1.29, 1.82) is 0 Å². The van der Waals surface area contributed by atoms with E-state index in [4.69, 9.17) is 11.6 Å². The van der Waals surface area contributed by atoms with Gasteiger partial charge in [-0.15, -0.1) is 11.6 Å². The van der Waals surface area contributed by atoms with Gasteiger partial charge in [0, 0.05) is 16.9 Å². The van der Waals surface area contributed by atoms with Gasteiger partial charge < -0.3 is 0 Å². The van der Waals surface area contributed by atoms with Crippen LogP contribution < -0.4 is 0 Å². The van der Waals surface area contributed by atoms with Gasteiger partial charge in [0.05, 0.1) is 0 Å². The quantitative estimate of drug-likeness (QED) is 0.549. The minimum Gasteiger partial charge on any atom is -0.122 e. The summed E-state index contributed by atoms with van der Waals surface area (Å²) in [5.74, 6) is 1.93. The van der Waals surface area contributed by atoms with E-state index in [0.717, 1.165) is 0 Å². The Morgan fingerprint density at radius 1 is 1.36 bits per heavy atom. The molecule has 2 rings (SSSR count). The van der Waals surface area contributed by atoms with Gasteiger partial charge in [-0.2, -0.15) is 0 Å². The Labute approximate surface area is 98.2 Å². The normalized spacial score (nSPS) is 22.2. The van der Waals surface area contributed by atoms with Gasteiger partial charge in [0.1, 0.15) is 0 Å². The monoisotopic (exact) mass is 244 g/mol. The maximum atomic E-state index is 5.94. The minimum atomic E-state index is 0.637. The molecule has 0 radical (unpaired) electrons. The van der Waals surface area contributed by atoms with Crippen molar-refractivity contribution in [2.75, 3.05) is 5.75 Å². The zero-order chi connectivity index (χ0) is 9.80. The van der Waals surface area contributed by atoms with E-state index in [1.165, 1.54) is 29.7 Å². The third kappa shape index (κ3) is 2.41. The lowest BCUT2D eigenvalue weighted by atomic mass is 10.0. The van der Waals surface area contributed by atoms with Crippen LogP contribution in [0.2, 0.25) is 0 Å². The lowest BCUT2D eigenvalue weighted by Gasteiger charge is -2.22. The molecule has 1 saturated heterocycles. The Morgan fingerprint density at radius 3 is 2.93 bits per heavy atom. The van der Waals surface area contributed by atoms with Gasteiger partial charge in [0.15, 0.2) is 0 Å². The van der Waals surface area contributed by atoms with Crippen molar-refractivity contribution in [2.24, 2.45) is 0 Å². The standard InChI is InChI=1S/C11H13ClS2/c12-8-9-4-1-2-5-10(9)11-6-3-7-13-14-11/h1-2,4-5,11H,3,6-8H2. The van der Waals surface area contributed by atoms with Gasteiger partial charge in [0.25, 0.3) is 0 Å². The van der Waals surface area contributed by atoms with Gasteiger partial charge in [-0.1, -0.05) is 45.9 Å². The summed E-state index contributed by atoms with van der Waals surface area (Å²) in [4.78, 5) is 0. The van der Waals surface area contributed by atoms with Gasteiger partial charge >= 0.3 is 0 Å². The molecule has 1 unspecified atom stereocenters. The topological polar surface area (TPSA) is 0 Å². The summed E-state index contributed by atoms with van der Waals surface area (Å²) < 4.78 is 0. The summed E-state index contributed by atoms with van der Waals surface area (Å²) in [5.41, 5.74) is 2.74. The highest BCUT2D eigenvalue weighted by molar-refractivity contribution is 8.76. The molecule has 0 aromatic heterocycles. The molecule has 0 nitrogen and oxygen atoms in total. The molecule has 1 aromatic carbocycles. The molecule has 0 aliphatic carbocycles. The molecule has 1 aromatic rings. The van der Waals surface area contributed by atoms with E-state index in [-0.39, 0.29) is 0 Å². The van der Waals surface area contributed by atoms with Crippen LogP contribution in [-0.2, 0) is 5.88 Å². The number of hydrogen-bond donors (Lipinski definition) is 0. The molecular formula is C11H13ClS2. The van der Waals surface area contributed by atoms with Crippen LogP contribution in [0.25, 0.3) is 0 Å². The highest BCUT2D eigenvalue weighted by Crippen LogP contribution is 2.46. The van der Waals surface area contributed by atoms with Crippen molar-refractivity contribution in [1.82, 2.24) is 0 Å². The molecule has 1 fully saturated rings. The first-order chi connectivity index (χ1) is 6.92. The average molecular weight is 245 g/mol. The average Bonchev–Trinajstić information content (AvgIpc) is 2.30. The van der Waals surface area contributed by atoms with Crippen LogP contribution in [0.5, 0.6) is 0 Å². The number of halogens is 1. The minimum absolute atomic E-state index is 0.637. The van der Waals surface area contributed by atoms with Gasteiger partial charge in [-0.3, -0.25) is 0 Å². The third-order valence-electron chi connectivity index (χ3n) is 2.42. The van der Waals surface area contributed by atoms with Crippen LogP contribution in [-0.4, -0.2) is 5.75 Å². The molecule has 0 bridgehead atoms. The lowest BCUT2D eigenvalue weighted by Crippen LogP contribution is -2.01. The first-order valence-electron chi connectivity index (χ1n) is 4.84. The van der Waals surface area contributed by atoms with E-state index in [9.17, 15) is 0 Å². The van der Waals surface area contributed by atoms with Crippen molar-refractivity contribution >= 4 is 33.2 Å². The Balaban J connectivity index is 2.20. The largest absolute Gasteiger partial charge is 0.122 e. The zero-order valence-corrected chi connectivity index (χ0v) is 10.3. The Hall–Kier alpha value is 0.210.